The van der Waals surface area contributed by atoms with Crippen LogP contribution in [0.5, 0.6) is 0 Å². The molecule has 0 aliphatic rings. The molecule has 0 saturated heterocycles. The number of carboxylic acids is 1. The monoisotopic (exact) mass is 313 g/mol. The van der Waals surface area contributed by atoms with Gasteiger partial charge >= 0.3 is 5.97 Å². The Kier molecular flexibility index (Phi) is 3.86. The number of halogens is 1. The van der Waals surface area contributed by atoms with Crippen LogP contribution in [-0.4, -0.2) is 29.5 Å². The Morgan fingerprint density at radius 2 is 1.75 bits per heavy atom. The van der Waals surface area contributed by atoms with Crippen LogP contribution in [0, 0.1) is 0 Å². The van der Waals surface area contributed by atoms with E-state index in [1.807, 2.05) is 0 Å². The van der Waals surface area contributed by atoms with Gasteiger partial charge in [0.25, 0.3) is 10.0 Å². The van der Waals surface area contributed by atoms with Crippen molar-refractivity contribution in [2.45, 2.75) is 4.90 Å². The lowest BCUT2D eigenvalue weighted by Gasteiger charge is -2.08. The van der Waals surface area contributed by atoms with Gasteiger partial charge in [-0.05, 0) is 24.3 Å². The fourth-order valence-electron chi connectivity index (χ4n) is 1.37. The number of rotatable bonds is 4. The molecule has 0 atom stereocenters. The molecule has 2 aromatic rings. The molecule has 0 bridgehead atoms. The maximum Gasteiger partial charge on any atom is 0.358 e. The minimum absolute atomic E-state index is 0.0658. The van der Waals surface area contributed by atoms with Crippen molar-refractivity contribution in [3.8, 4) is 0 Å². The first kappa shape index (κ1) is 14.2. The number of aromatic nitrogens is 2. The smallest absolute Gasteiger partial charge is 0.358 e. The van der Waals surface area contributed by atoms with E-state index in [0.29, 0.717) is 5.02 Å². The highest BCUT2D eigenvalue weighted by Gasteiger charge is 2.20. The standard InChI is InChI=1S/C11H8ClN3O4S/c12-7-1-3-8(4-2-7)20(18,19)15-10-9(11(16)17)13-5-6-14-10/h1-6H,(H,14,15)(H,16,17). The van der Waals surface area contributed by atoms with E-state index in [0.717, 1.165) is 6.20 Å². The average Bonchev–Trinajstić information content (AvgIpc) is 2.39. The van der Waals surface area contributed by atoms with Gasteiger partial charge in [-0.3, -0.25) is 4.72 Å². The fourth-order valence-corrected chi connectivity index (χ4v) is 2.51. The molecule has 0 amide bonds. The number of anilines is 1. The normalized spacial score (nSPS) is 11.1. The van der Waals surface area contributed by atoms with Crippen molar-refractivity contribution in [3.05, 3.63) is 47.4 Å². The van der Waals surface area contributed by atoms with Crippen LogP contribution in [0.25, 0.3) is 0 Å². The average molecular weight is 314 g/mol. The number of hydrogen-bond donors (Lipinski definition) is 2. The summed E-state index contributed by atoms with van der Waals surface area (Å²) in [6.45, 7) is 0. The van der Waals surface area contributed by atoms with Crippen molar-refractivity contribution in [1.82, 2.24) is 9.97 Å². The first-order chi connectivity index (χ1) is 9.40. The van der Waals surface area contributed by atoms with Gasteiger partial charge in [-0.1, -0.05) is 11.6 Å². The summed E-state index contributed by atoms with van der Waals surface area (Å²) in [6.07, 6.45) is 2.34. The zero-order valence-electron chi connectivity index (χ0n) is 9.82. The largest absolute Gasteiger partial charge is 0.476 e. The number of nitrogens with zero attached hydrogens (tertiary/aromatic N) is 2. The van der Waals surface area contributed by atoms with Gasteiger partial charge in [0.2, 0.25) is 0 Å². The predicted octanol–water partition coefficient (Wildman–Crippen LogP) is 1.63. The Morgan fingerprint density at radius 3 is 2.35 bits per heavy atom. The highest BCUT2D eigenvalue weighted by molar-refractivity contribution is 7.92. The number of carbonyl (C=O) groups is 1. The maximum absolute atomic E-state index is 12.1. The third kappa shape index (κ3) is 3.03. The van der Waals surface area contributed by atoms with Crippen LogP contribution < -0.4 is 4.72 Å². The van der Waals surface area contributed by atoms with Crippen molar-refractivity contribution in [3.63, 3.8) is 0 Å². The molecule has 1 aromatic heterocycles. The molecule has 1 aromatic carbocycles. The Balaban J connectivity index is 2.38. The Bertz CT molecular complexity index is 747. The van der Waals surface area contributed by atoms with E-state index >= 15 is 0 Å². The van der Waals surface area contributed by atoms with Gasteiger partial charge in [0.1, 0.15) is 0 Å². The van der Waals surface area contributed by atoms with Crippen LogP contribution in [0.15, 0.2) is 41.6 Å². The molecule has 0 radical (unpaired) electrons. The summed E-state index contributed by atoms with van der Waals surface area (Å²) in [5.41, 5.74) is -0.481. The van der Waals surface area contributed by atoms with Gasteiger partial charge in [-0.2, -0.15) is 0 Å². The number of aromatic carboxylic acids is 1. The molecule has 0 spiro atoms. The van der Waals surface area contributed by atoms with Crippen LogP contribution in [0.2, 0.25) is 5.02 Å². The van der Waals surface area contributed by atoms with Crippen LogP contribution in [-0.2, 0) is 10.0 Å². The lowest BCUT2D eigenvalue weighted by atomic mass is 10.4. The first-order valence-electron chi connectivity index (χ1n) is 5.23. The van der Waals surface area contributed by atoms with E-state index in [1.165, 1.54) is 30.5 Å². The van der Waals surface area contributed by atoms with Gasteiger partial charge in [-0.15, -0.1) is 0 Å². The van der Waals surface area contributed by atoms with E-state index in [9.17, 15) is 13.2 Å². The molecule has 2 N–H and O–H groups in total. The van der Waals surface area contributed by atoms with Crippen molar-refractivity contribution < 1.29 is 18.3 Å². The second-order valence-electron chi connectivity index (χ2n) is 3.62. The molecule has 0 unspecified atom stereocenters. The molecule has 0 aliphatic carbocycles. The summed E-state index contributed by atoms with van der Waals surface area (Å²) in [6, 6.07) is 5.40. The molecular weight excluding hydrogens is 306 g/mol. The molecule has 7 nitrogen and oxygen atoms in total. The van der Waals surface area contributed by atoms with Crippen molar-refractivity contribution in [2.75, 3.05) is 4.72 Å². The van der Waals surface area contributed by atoms with E-state index in [4.69, 9.17) is 16.7 Å². The SMILES string of the molecule is O=C(O)c1nccnc1NS(=O)(=O)c1ccc(Cl)cc1. The molecular formula is C11H8ClN3O4S. The van der Waals surface area contributed by atoms with Crippen LogP contribution in [0.1, 0.15) is 10.5 Å². The number of nitrogens with one attached hydrogen (secondary N) is 1. The molecule has 20 heavy (non-hydrogen) atoms. The molecule has 9 heteroatoms. The fraction of sp³-hybridized carbons (Fsp3) is 0. The first-order valence-corrected chi connectivity index (χ1v) is 7.09. The summed E-state index contributed by atoms with van der Waals surface area (Å²) in [7, 11) is -3.96. The summed E-state index contributed by atoms with van der Waals surface area (Å²) in [4.78, 5) is 18.1. The number of hydrogen-bond acceptors (Lipinski definition) is 5. The quantitative estimate of drug-likeness (QED) is 0.887. The van der Waals surface area contributed by atoms with Crippen molar-refractivity contribution in [1.29, 1.82) is 0 Å². The number of benzene rings is 1. The summed E-state index contributed by atoms with van der Waals surface area (Å²) >= 11 is 5.67. The molecule has 1 heterocycles. The van der Waals surface area contributed by atoms with E-state index < -0.39 is 21.7 Å². The van der Waals surface area contributed by atoms with Gasteiger partial charge in [0.05, 0.1) is 4.90 Å². The predicted molar refractivity (Wildman–Crippen MR) is 71.3 cm³/mol. The second kappa shape index (κ2) is 5.43. The maximum atomic E-state index is 12.1. The summed E-state index contributed by atoms with van der Waals surface area (Å²) in [5, 5.41) is 9.30. The van der Waals surface area contributed by atoms with E-state index in [1.54, 1.807) is 0 Å². The molecule has 0 aliphatic heterocycles. The Labute approximate surface area is 119 Å². The van der Waals surface area contributed by atoms with Crippen molar-refractivity contribution in [2.24, 2.45) is 0 Å². The lowest BCUT2D eigenvalue weighted by molar-refractivity contribution is 0.0691. The number of carboxylic acid groups (broad SMARTS) is 1. The second-order valence-corrected chi connectivity index (χ2v) is 5.74. The molecule has 2 rings (SSSR count). The lowest BCUT2D eigenvalue weighted by Crippen LogP contribution is -2.17. The third-order valence-corrected chi connectivity index (χ3v) is 3.86. The van der Waals surface area contributed by atoms with Gasteiger partial charge in [-0.25, -0.2) is 23.2 Å². The zero-order valence-corrected chi connectivity index (χ0v) is 11.4. The Morgan fingerprint density at radius 1 is 1.15 bits per heavy atom. The topological polar surface area (TPSA) is 109 Å². The van der Waals surface area contributed by atoms with Crippen molar-refractivity contribution >= 4 is 33.4 Å². The minimum Gasteiger partial charge on any atom is -0.476 e. The molecule has 0 fully saturated rings. The van der Waals surface area contributed by atoms with Gasteiger partial charge in [0.15, 0.2) is 11.5 Å². The Hall–Kier alpha value is -2.19. The number of sulfonamides is 1. The van der Waals surface area contributed by atoms with Gasteiger partial charge in [0, 0.05) is 17.4 Å². The zero-order chi connectivity index (χ0) is 14.8. The minimum atomic E-state index is -3.96. The summed E-state index contributed by atoms with van der Waals surface area (Å²) in [5.74, 6) is -1.73. The van der Waals surface area contributed by atoms with E-state index in [2.05, 4.69) is 14.7 Å². The molecule has 104 valence electrons. The molecule has 0 saturated carbocycles. The van der Waals surface area contributed by atoms with Gasteiger partial charge < -0.3 is 5.11 Å². The summed E-state index contributed by atoms with van der Waals surface area (Å²) < 4.78 is 26.2. The highest BCUT2D eigenvalue weighted by atomic mass is 35.5. The van der Waals surface area contributed by atoms with Crippen LogP contribution in [0.3, 0.4) is 0 Å². The van der Waals surface area contributed by atoms with Crippen LogP contribution in [0.4, 0.5) is 5.82 Å². The van der Waals surface area contributed by atoms with E-state index in [-0.39, 0.29) is 10.7 Å². The highest BCUT2D eigenvalue weighted by Crippen LogP contribution is 2.18. The third-order valence-electron chi connectivity index (χ3n) is 2.26. The van der Waals surface area contributed by atoms with Crippen LogP contribution >= 0.6 is 11.6 Å².